The molecule has 0 aromatic heterocycles. The largest absolute Gasteiger partial charge is 0.395 e. The predicted molar refractivity (Wildman–Crippen MR) is 81.9 cm³/mol. The average Bonchev–Trinajstić information content (AvgIpc) is 2.49. The topological polar surface area (TPSA) is 40.5 Å². The third kappa shape index (κ3) is 2.77. The second-order valence-corrected chi connectivity index (χ2v) is 5.51. The van der Waals surface area contributed by atoms with Crippen LogP contribution < -0.4 is 0 Å². The first kappa shape index (κ1) is 14.8. The highest BCUT2D eigenvalue weighted by atomic mass is 16.3. The summed E-state index contributed by atoms with van der Waals surface area (Å²) in [4.78, 5) is 0. The maximum Gasteiger partial charge on any atom is 0.0553 e. The van der Waals surface area contributed by atoms with Crippen molar-refractivity contribution in [2.45, 2.75) is 25.7 Å². The molecule has 2 heteroatoms. The van der Waals surface area contributed by atoms with Crippen LogP contribution in [0.1, 0.15) is 22.3 Å². The molecule has 20 heavy (non-hydrogen) atoms. The molecule has 2 aromatic rings. The number of rotatable bonds is 5. The lowest BCUT2D eigenvalue weighted by molar-refractivity contribution is 0.116. The Balaban J connectivity index is 2.45. The third-order valence-electron chi connectivity index (χ3n) is 4.15. The first-order chi connectivity index (χ1) is 9.63. The summed E-state index contributed by atoms with van der Waals surface area (Å²) in [6, 6.07) is 16.0. The molecule has 2 nitrogen and oxygen atoms in total. The minimum atomic E-state index is -0.627. The molecule has 0 aliphatic heterocycles. The van der Waals surface area contributed by atoms with Crippen molar-refractivity contribution in [1.29, 1.82) is 0 Å². The van der Waals surface area contributed by atoms with E-state index in [0.717, 1.165) is 5.56 Å². The van der Waals surface area contributed by atoms with Gasteiger partial charge in [0.15, 0.2) is 0 Å². The summed E-state index contributed by atoms with van der Waals surface area (Å²) in [5.74, 6) is 0. The maximum atomic E-state index is 9.91. The van der Waals surface area contributed by atoms with Gasteiger partial charge in [0.05, 0.1) is 13.2 Å². The van der Waals surface area contributed by atoms with E-state index >= 15 is 0 Å². The van der Waals surface area contributed by atoms with E-state index in [1.165, 1.54) is 16.7 Å². The van der Waals surface area contributed by atoms with Gasteiger partial charge in [0.1, 0.15) is 0 Å². The summed E-state index contributed by atoms with van der Waals surface area (Å²) in [5, 5.41) is 19.8. The Morgan fingerprint density at radius 1 is 0.800 bits per heavy atom. The van der Waals surface area contributed by atoms with Crippen molar-refractivity contribution in [3.63, 3.8) is 0 Å². The fourth-order valence-corrected chi connectivity index (χ4v) is 2.70. The molecular formula is C18H22O2. The Morgan fingerprint density at radius 3 is 1.85 bits per heavy atom. The zero-order valence-electron chi connectivity index (χ0n) is 12.1. The van der Waals surface area contributed by atoms with E-state index in [9.17, 15) is 10.2 Å². The van der Waals surface area contributed by atoms with E-state index in [0.29, 0.717) is 6.42 Å². The standard InChI is InChI=1S/C18H22O2/c1-14-7-6-8-15(2)17(14)11-18(12-19,13-20)16-9-4-3-5-10-16/h3-10,19-20H,11-13H2,1-2H3. The van der Waals surface area contributed by atoms with Gasteiger partial charge < -0.3 is 10.2 Å². The molecule has 0 heterocycles. The fourth-order valence-electron chi connectivity index (χ4n) is 2.70. The number of benzene rings is 2. The number of hydrogen-bond acceptors (Lipinski definition) is 2. The quantitative estimate of drug-likeness (QED) is 0.877. The van der Waals surface area contributed by atoms with Crippen molar-refractivity contribution in [2.75, 3.05) is 13.2 Å². The number of hydrogen-bond donors (Lipinski definition) is 2. The molecular weight excluding hydrogens is 248 g/mol. The van der Waals surface area contributed by atoms with E-state index in [2.05, 4.69) is 26.0 Å². The molecule has 0 aliphatic rings. The summed E-state index contributed by atoms with van der Waals surface area (Å²) in [7, 11) is 0. The molecule has 2 aromatic carbocycles. The molecule has 2 N–H and O–H groups in total. The highest BCUT2D eigenvalue weighted by Gasteiger charge is 2.32. The molecule has 0 unspecified atom stereocenters. The van der Waals surface area contributed by atoms with Crippen LogP contribution in [-0.4, -0.2) is 23.4 Å². The fraction of sp³-hybridized carbons (Fsp3) is 0.333. The Kier molecular flexibility index (Phi) is 4.58. The van der Waals surface area contributed by atoms with Gasteiger partial charge in [0.2, 0.25) is 0 Å². The summed E-state index contributed by atoms with van der Waals surface area (Å²) in [6.45, 7) is 4.02. The van der Waals surface area contributed by atoms with Crippen molar-refractivity contribution in [2.24, 2.45) is 0 Å². The summed E-state index contributed by atoms with van der Waals surface area (Å²) >= 11 is 0. The second kappa shape index (κ2) is 6.21. The van der Waals surface area contributed by atoms with Crippen molar-refractivity contribution in [3.05, 3.63) is 70.8 Å². The van der Waals surface area contributed by atoms with E-state index < -0.39 is 5.41 Å². The van der Waals surface area contributed by atoms with E-state index in [4.69, 9.17) is 0 Å². The van der Waals surface area contributed by atoms with Crippen LogP contribution in [0.25, 0.3) is 0 Å². The van der Waals surface area contributed by atoms with Crippen LogP contribution in [0, 0.1) is 13.8 Å². The van der Waals surface area contributed by atoms with Gasteiger partial charge in [0.25, 0.3) is 0 Å². The molecule has 0 saturated carbocycles. The number of aliphatic hydroxyl groups excluding tert-OH is 2. The zero-order chi connectivity index (χ0) is 14.6. The summed E-state index contributed by atoms with van der Waals surface area (Å²) in [5.41, 5.74) is 3.96. The molecule has 0 bridgehead atoms. The predicted octanol–water partition coefficient (Wildman–Crippen LogP) is 2.77. The van der Waals surface area contributed by atoms with Crippen molar-refractivity contribution >= 4 is 0 Å². The molecule has 2 rings (SSSR count). The molecule has 0 radical (unpaired) electrons. The lowest BCUT2D eigenvalue weighted by Gasteiger charge is -2.32. The van der Waals surface area contributed by atoms with Crippen LogP contribution in [0.4, 0.5) is 0 Å². The lowest BCUT2D eigenvalue weighted by atomic mass is 9.75. The normalized spacial score (nSPS) is 11.6. The van der Waals surface area contributed by atoms with Gasteiger partial charge in [-0.1, -0.05) is 48.5 Å². The Labute approximate surface area is 120 Å². The van der Waals surface area contributed by atoms with Crippen molar-refractivity contribution in [1.82, 2.24) is 0 Å². The van der Waals surface area contributed by atoms with E-state index in [-0.39, 0.29) is 13.2 Å². The number of aryl methyl sites for hydroxylation is 2. The van der Waals surface area contributed by atoms with Crippen LogP contribution in [0.5, 0.6) is 0 Å². The van der Waals surface area contributed by atoms with Gasteiger partial charge in [-0.15, -0.1) is 0 Å². The first-order valence-electron chi connectivity index (χ1n) is 6.95. The summed E-state index contributed by atoms with van der Waals surface area (Å²) < 4.78 is 0. The third-order valence-corrected chi connectivity index (χ3v) is 4.15. The first-order valence-corrected chi connectivity index (χ1v) is 6.95. The van der Waals surface area contributed by atoms with Crippen molar-refractivity contribution < 1.29 is 10.2 Å². The van der Waals surface area contributed by atoms with Gasteiger partial charge in [-0.2, -0.15) is 0 Å². The Bertz CT molecular complexity index is 537. The highest BCUT2D eigenvalue weighted by Crippen LogP contribution is 2.30. The minimum absolute atomic E-state index is 0.0682. The average molecular weight is 270 g/mol. The zero-order valence-corrected chi connectivity index (χ0v) is 12.1. The van der Waals surface area contributed by atoms with E-state index in [1.54, 1.807) is 0 Å². The van der Waals surface area contributed by atoms with E-state index in [1.807, 2.05) is 36.4 Å². The van der Waals surface area contributed by atoms with Gasteiger partial charge in [0, 0.05) is 5.41 Å². The molecule has 106 valence electrons. The van der Waals surface area contributed by atoms with Crippen LogP contribution in [0.15, 0.2) is 48.5 Å². The van der Waals surface area contributed by atoms with Gasteiger partial charge in [-0.3, -0.25) is 0 Å². The molecule has 0 spiro atoms. The smallest absolute Gasteiger partial charge is 0.0553 e. The molecule has 0 atom stereocenters. The molecule has 0 amide bonds. The van der Waals surface area contributed by atoms with Crippen LogP contribution in [0.3, 0.4) is 0 Å². The lowest BCUT2D eigenvalue weighted by Crippen LogP contribution is -2.37. The van der Waals surface area contributed by atoms with Gasteiger partial charge >= 0.3 is 0 Å². The van der Waals surface area contributed by atoms with Crippen LogP contribution >= 0.6 is 0 Å². The van der Waals surface area contributed by atoms with Crippen LogP contribution in [-0.2, 0) is 11.8 Å². The summed E-state index contributed by atoms with van der Waals surface area (Å²) in [6.07, 6.45) is 0.641. The monoisotopic (exact) mass is 270 g/mol. The second-order valence-electron chi connectivity index (χ2n) is 5.51. The Hall–Kier alpha value is -1.64. The molecule has 0 aliphatic carbocycles. The Morgan fingerprint density at radius 2 is 1.35 bits per heavy atom. The van der Waals surface area contributed by atoms with Crippen molar-refractivity contribution in [3.8, 4) is 0 Å². The van der Waals surface area contributed by atoms with Gasteiger partial charge in [-0.05, 0) is 42.5 Å². The SMILES string of the molecule is Cc1cccc(C)c1CC(CO)(CO)c1ccccc1. The molecule has 0 fully saturated rings. The number of aliphatic hydroxyl groups is 2. The molecule has 0 saturated heterocycles. The van der Waals surface area contributed by atoms with Crippen LogP contribution in [0.2, 0.25) is 0 Å². The minimum Gasteiger partial charge on any atom is -0.395 e. The maximum absolute atomic E-state index is 9.91. The highest BCUT2D eigenvalue weighted by molar-refractivity contribution is 5.38. The van der Waals surface area contributed by atoms with Gasteiger partial charge in [-0.25, -0.2) is 0 Å².